The zero-order chi connectivity index (χ0) is 21.8. The number of ether oxygens (including phenoxy) is 1. The number of anilines is 1. The minimum absolute atomic E-state index is 0. The first-order valence-electron chi connectivity index (χ1n) is 9.84. The maximum atomic E-state index is 13.3. The molecule has 0 fully saturated rings. The van der Waals surface area contributed by atoms with Crippen LogP contribution >= 0.6 is 12.4 Å². The van der Waals surface area contributed by atoms with Crippen LogP contribution < -0.4 is 15.4 Å². The van der Waals surface area contributed by atoms with Crippen LogP contribution in [0.1, 0.15) is 11.1 Å². The number of methoxy groups -OCH3 is 1. The van der Waals surface area contributed by atoms with Crippen molar-refractivity contribution in [2.24, 2.45) is 0 Å². The summed E-state index contributed by atoms with van der Waals surface area (Å²) in [5, 5.41) is 7.36. The van der Waals surface area contributed by atoms with Crippen molar-refractivity contribution < 1.29 is 13.2 Å². The van der Waals surface area contributed by atoms with Crippen LogP contribution in [0.15, 0.2) is 78.1 Å². The highest BCUT2D eigenvalue weighted by atomic mass is 35.5. The molecule has 0 unspecified atom stereocenters. The van der Waals surface area contributed by atoms with Crippen LogP contribution in [0.3, 0.4) is 0 Å². The summed E-state index contributed by atoms with van der Waals surface area (Å²) < 4.78 is 33.1. The van der Waals surface area contributed by atoms with Gasteiger partial charge in [0.05, 0.1) is 12.6 Å². The van der Waals surface area contributed by atoms with Crippen LogP contribution in [-0.2, 0) is 23.1 Å². The Bertz CT molecular complexity index is 1290. The SMILES string of the molecule is CNCc1cn(S(=O)(=O)c2cccnc2)c2cc(NCc3ccc(OC)cc3)ccc12.Cl. The molecular formula is C23H25ClN4O3S. The number of aromatic nitrogens is 2. The molecular weight excluding hydrogens is 448 g/mol. The number of nitrogens with one attached hydrogen (secondary N) is 2. The molecule has 0 aliphatic carbocycles. The van der Waals surface area contributed by atoms with E-state index in [2.05, 4.69) is 15.6 Å². The number of pyridine rings is 1. The Morgan fingerprint density at radius 3 is 2.50 bits per heavy atom. The van der Waals surface area contributed by atoms with E-state index in [-0.39, 0.29) is 17.3 Å². The Hall–Kier alpha value is -3.07. The summed E-state index contributed by atoms with van der Waals surface area (Å²) in [6.45, 7) is 1.17. The van der Waals surface area contributed by atoms with Crippen molar-refractivity contribution in [3.8, 4) is 5.75 Å². The number of fused-ring (bicyclic) bond motifs is 1. The first-order valence-corrected chi connectivity index (χ1v) is 11.3. The monoisotopic (exact) mass is 472 g/mol. The van der Waals surface area contributed by atoms with Gasteiger partial charge >= 0.3 is 0 Å². The van der Waals surface area contributed by atoms with Crippen LogP contribution in [0.5, 0.6) is 5.75 Å². The van der Waals surface area contributed by atoms with Crippen LogP contribution in [0.2, 0.25) is 0 Å². The predicted octanol–water partition coefficient (Wildman–Crippen LogP) is 4.04. The summed E-state index contributed by atoms with van der Waals surface area (Å²) >= 11 is 0. The van der Waals surface area contributed by atoms with Gasteiger partial charge in [0.1, 0.15) is 10.6 Å². The fourth-order valence-electron chi connectivity index (χ4n) is 3.47. The van der Waals surface area contributed by atoms with Crippen molar-refractivity contribution in [2.45, 2.75) is 18.0 Å². The van der Waals surface area contributed by atoms with Gasteiger partial charge in [0, 0.05) is 42.8 Å². The highest BCUT2D eigenvalue weighted by molar-refractivity contribution is 7.90. The van der Waals surface area contributed by atoms with Crippen LogP contribution in [0.4, 0.5) is 5.69 Å². The molecule has 2 N–H and O–H groups in total. The van der Waals surface area contributed by atoms with Gasteiger partial charge in [-0.3, -0.25) is 4.98 Å². The fraction of sp³-hybridized carbons (Fsp3) is 0.174. The summed E-state index contributed by atoms with van der Waals surface area (Å²) in [6.07, 6.45) is 4.60. The van der Waals surface area contributed by atoms with Crippen molar-refractivity contribution in [1.29, 1.82) is 0 Å². The Kier molecular flexibility index (Phi) is 7.40. The third-order valence-electron chi connectivity index (χ3n) is 5.07. The number of hydrogen-bond donors (Lipinski definition) is 2. The second-order valence-electron chi connectivity index (χ2n) is 7.11. The zero-order valence-corrected chi connectivity index (χ0v) is 19.4. The molecule has 2 aromatic heterocycles. The lowest BCUT2D eigenvalue weighted by atomic mass is 10.1. The quantitative estimate of drug-likeness (QED) is 0.402. The number of rotatable bonds is 8. The molecule has 0 spiro atoms. The lowest BCUT2D eigenvalue weighted by Gasteiger charge is -2.10. The van der Waals surface area contributed by atoms with Crippen molar-refractivity contribution >= 4 is 39.0 Å². The number of benzene rings is 2. The molecule has 168 valence electrons. The highest BCUT2D eigenvalue weighted by Gasteiger charge is 2.21. The van der Waals surface area contributed by atoms with Gasteiger partial charge in [-0.05, 0) is 54.6 Å². The first-order chi connectivity index (χ1) is 15.0. The number of halogens is 1. The number of hydrogen-bond acceptors (Lipinski definition) is 6. The van der Waals surface area contributed by atoms with Crippen molar-refractivity contribution in [3.05, 3.63) is 84.3 Å². The lowest BCUT2D eigenvalue weighted by molar-refractivity contribution is 0.414. The average molecular weight is 473 g/mol. The Morgan fingerprint density at radius 2 is 1.84 bits per heavy atom. The predicted molar refractivity (Wildman–Crippen MR) is 129 cm³/mol. The lowest BCUT2D eigenvalue weighted by Crippen LogP contribution is -2.12. The smallest absolute Gasteiger partial charge is 0.269 e. The highest BCUT2D eigenvalue weighted by Crippen LogP contribution is 2.28. The molecule has 0 saturated carbocycles. The molecule has 4 rings (SSSR count). The van der Waals surface area contributed by atoms with E-state index in [1.54, 1.807) is 31.6 Å². The summed E-state index contributed by atoms with van der Waals surface area (Å²) in [6, 6.07) is 16.8. The maximum Gasteiger partial charge on any atom is 0.269 e. The third-order valence-corrected chi connectivity index (χ3v) is 6.73. The fourth-order valence-corrected chi connectivity index (χ4v) is 4.81. The van der Waals surface area contributed by atoms with Crippen molar-refractivity contribution in [3.63, 3.8) is 0 Å². The van der Waals surface area contributed by atoms with Crippen LogP contribution in [0.25, 0.3) is 10.9 Å². The molecule has 0 bridgehead atoms. The Balaban J connectivity index is 0.00000289. The van der Waals surface area contributed by atoms with Gasteiger partial charge in [0.25, 0.3) is 10.0 Å². The van der Waals surface area contributed by atoms with E-state index < -0.39 is 10.0 Å². The summed E-state index contributed by atoms with van der Waals surface area (Å²) in [5.41, 5.74) is 3.45. The topological polar surface area (TPSA) is 85.2 Å². The standard InChI is InChI=1S/C23H24N4O3S.ClH/c1-24-14-18-16-27(31(28,29)21-4-3-11-25-15-21)23-12-19(7-10-22(18)23)26-13-17-5-8-20(30-2)9-6-17;/h3-12,15-16,24,26H,13-14H2,1-2H3;1H. The molecule has 32 heavy (non-hydrogen) atoms. The molecule has 7 nitrogen and oxygen atoms in total. The molecule has 2 heterocycles. The Labute approximate surface area is 193 Å². The van der Waals surface area contributed by atoms with E-state index >= 15 is 0 Å². The molecule has 0 aliphatic heterocycles. The molecule has 0 saturated heterocycles. The largest absolute Gasteiger partial charge is 0.497 e. The van der Waals surface area contributed by atoms with Crippen LogP contribution in [-0.4, -0.2) is 31.5 Å². The second kappa shape index (κ2) is 10.0. The molecule has 0 radical (unpaired) electrons. The van der Waals surface area contributed by atoms with Crippen molar-refractivity contribution in [2.75, 3.05) is 19.5 Å². The van der Waals surface area contributed by atoms with Gasteiger partial charge in [-0.1, -0.05) is 18.2 Å². The molecule has 9 heteroatoms. The molecule has 2 aromatic carbocycles. The van der Waals surface area contributed by atoms with E-state index in [0.29, 0.717) is 18.6 Å². The number of nitrogens with zero attached hydrogens (tertiary/aromatic N) is 2. The molecule has 0 atom stereocenters. The normalized spacial score (nSPS) is 11.2. The average Bonchev–Trinajstić information content (AvgIpc) is 3.17. The van der Waals surface area contributed by atoms with E-state index in [4.69, 9.17) is 4.74 Å². The summed E-state index contributed by atoms with van der Waals surface area (Å²) in [7, 11) is -0.295. The van der Waals surface area contributed by atoms with E-state index in [9.17, 15) is 8.42 Å². The van der Waals surface area contributed by atoms with Gasteiger partial charge in [0.15, 0.2) is 0 Å². The maximum absolute atomic E-state index is 13.3. The molecule has 0 aliphatic rings. The van der Waals surface area contributed by atoms with Crippen LogP contribution in [0, 0.1) is 0 Å². The van der Waals surface area contributed by atoms with Gasteiger partial charge < -0.3 is 15.4 Å². The summed E-state index contributed by atoms with van der Waals surface area (Å²) in [5.74, 6) is 0.806. The molecule has 4 aromatic rings. The minimum Gasteiger partial charge on any atom is -0.497 e. The zero-order valence-electron chi connectivity index (χ0n) is 17.8. The second-order valence-corrected chi connectivity index (χ2v) is 8.92. The van der Waals surface area contributed by atoms with Gasteiger partial charge in [0.2, 0.25) is 0 Å². The van der Waals surface area contributed by atoms with Gasteiger partial charge in [-0.15, -0.1) is 12.4 Å². The van der Waals surface area contributed by atoms with Gasteiger partial charge in [-0.25, -0.2) is 12.4 Å². The Morgan fingerprint density at radius 1 is 1.06 bits per heavy atom. The molecule has 0 amide bonds. The third kappa shape index (κ3) is 4.72. The first kappa shape index (κ1) is 23.6. The van der Waals surface area contributed by atoms with Gasteiger partial charge in [-0.2, -0.15) is 0 Å². The van der Waals surface area contributed by atoms with E-state index in [0.717, 1.165) is 28.0 Å². The summed E-state index contributed by atoms with van der Waals surface area (Å²) in [4.78, 5) is 4.12. The minimum atomic E-state index is -3.77. The van der Waals surface area contributed by atoms with E-state index in [1.807, 2.05) is 49.5 Å². The van der Waals surface area contributed by atoms with Crippen molar-refractivity contribution in [1.82, 2.24) is 14.3 Å². The van der Waals surface area contributed by atoms with E-state index in [1.165, 1.54) is 10.2 Å².